The minimum atomic E-state index is -0.146. The molecule has 3 N–H and O–H groups in total. The Hall–Kier alpha value is 1.89. The maximum absolute atomic E-state index is 8.67. The van der Waals surface area contributed by atoms with Crippen LogP contribution in [0.15, 0.2) is 18.2 Å². The molecule has 0 aromatic heterocycles. The van der Waals surface area contributed by atoms with Crippen LogP contribution >= 0.6 is 0 Å². The number of rotatable bonds is 0. The van der Waals surface area contributed by atoms with Crippen molar-refractivity contribution >= 4 is 0 Å². The quantitative estimate of drug-likeness (QED) is 0.373. The van der Waals surface area contributed by atoms with Crippen molar-refractivity contribution in [3.05, 3.63) is 18.2 Å². The molecular weight excluding hydrogens is 198 g/mol. The summed E-state index contributed by atoms with van der Waals surface area (Å²) in [6.07, 6.45) is 0. The van der Waals surface area contributed by atoms with E-state index < -0.39 is 0 Å². The fourth-order valence-electron chi connectivity index (χ4n) is 0.580. The molecule has 0 heterocycles. The van der Waals surface area contributed by atoms with Crippen LogP contribution in [0.25, 0.3) is 0 Å². The Morgan fingerprint density at radius 2 is 0.909 bits per heavy atom. The van der Waals surface area contributed by atoms with Gasteiger partial charge in [-0.2, -0.15) is 0 Å². The molecule has 0 unspecified atom stereocenters. The van der Waals surface area contributed by atoms with Crippen LogP contribution in [-0.2, 0) is 0 Å². The second kappa shape index (κ2) is 7.31. The summed E-state index contributed by atoms with van der Waals surface area (Å²) in [5.74, 6) is -0.437. The number of hydrogen-bond acceptors (Lipinski definition) is 3. The van der Waals surface area contributed by atoms with Crippen molar-refractivity contribution in [1.82, 2.24) is 0 Å². The zero-order valence-corrected chi connectivity index (χ0v) is 12.8. The molecule has 0 fully saturated rings. The van der Waals surface area contributed by atoms with Gasteiger partial charge in [0.15, 0.2) is 0 Å². The first kappa shape index (κ1) is 15.4. The molecule has 1 aromatic carbocycles. The van der Waals surface area contributed by atoms with E-state index in [0.717, 1.165) is 18.2 Å². The van der Waals surface area contributed by atoms with E-state index in [9.17, 15) is 0 Å². The van der Waals surface area contributed by atoms with Crippen LogP contribution in [0.3, 0.4) is 0 Å². The summed E-state index contributed by atoms with van der Waals surface area (Å²) in [5, 5.41) is 26.0. The van der Waals surface area contributed by atoms with E-state index in [1.807, 2.05) is 0 Å². The minimum absolute atomic E-state index is 0. The number of phenolic OH excluding ortho intramolecular Hbond substituents is 3. The van der Waals surface area contributed by atoms with Crippen LogP contribution in [0.1, 0.15) is 2.85 Å². The maximum atomic E-state index is 8.67. The van der Waals surface area contributed by atoms with Gasteiger partial charge in [0.05, 0.1) is 0 Å². The van der Waals surface area contributed by atoms with Gasteiger partial charge in [-0.15, -0.1) is 0 Å². The average Bonchev–Trinajstić information content (AvgIpc) is 1.59. The molecule has 3 nitrogen and oxygen atoms in total. The average molecular weight is 206 g/mol. The van der Waals surface area contributed by atoms with E-state index in [4.69, 9.17) is 15.3 Å². The Labute approximate surface area is 153 Å². The third-order valence-corrected chi connectivity index (χ3v) is 0.887. The van der Waals surface area contributed by atoms with Gasteiger partial charge in [-0.1, -0.05) is 0 Å². The Morgan fingerprint density at radius 3 is 1.09 bits per heavy atom. The largest absolute Gasteiger partial charge is 1.00 e. The molecule has 52 valence electrons. The van der Waals surface area contributed by atoms with E-state index in [1.165, 1.54) is 0 Å². The molecule has 0 radical (unpaired) electrons. The summed E-state index contributed by atoms with van der Waals surface area (Å²) in [6.45, 7) is 0. The van der Waals surface area contributed by atoms with E-state index in [-0.39, 0.29) is 123 Å². The van der Waals surface area contributed by atoms with Gasteiger partial charge < -0.3 is 18.2 Å². The summed E-state index contributed by atoms with van der Waals surface area (Å²) in [5.41, 5.74) is 0. The number of benzene rings is 1. The fraction of sp³-hybridized carbons (Fsp3) is 0. The predicted octanol–water partition coefficient (Wildman–Crippen LogP) is -4.96. The molecule has 0 atom stereocenters. The van der Waals surface area contributed by atoms with Crippen molar-refractivity contribution in [3.63, 3.8) is 0 Å². The molecule has 0 saturated heterocycles. The molecule has 0 aliphatic carbocycles. The van der Waals surface area contributed by atoms with Gasteiger partial charge in [-0.05, 0) is 0 Å². The molecule has 0 aliphatic rings. The van der Waals surface area contributed by atoms with Crippen LogP contribution in [-0.4, -0.2) is 15.3 Å². The van der Waals surface area contributed by atoms with Gasteiger partial charge in [-0.3, -0.25) is 0 Å². The Morgan fingerprint density at radius 1 is 0.727 bits per heavy atom. The van der Waals surface area contributed by atoms with E-state index in [2.05, 4.69) is 0 Å². The van der Waals surface area contributed by atoms with Gasteiger partial charge >= 0.3 is 103 Å². The second-order valence-corrected chi connectivity index (χ2v) is 1.71. The van der Waals surface area contributed by atoms with Gasteiger partial charge in [0.25, 0.3) is 0 Å². The summed E-state index contributed by atoms with van der Waals surface area (Å²) in [6, 6.07) is 3.42. The topological polar surface area (TPSA) is 60.7 Å². The van der Waals surface area contributed by atoms with Crippen LogP contribution < -0.4 is 103 Å². The third kappa shape index (κ3) is 6.03. The molecule has 5 heteroatoms. The molecule has 1 rings (SSSR count). The first-order chi connectivity index (χ1) is 4.18. The Balaban J connectivity index is -0.000000101. The van der Waals surface area contributed by atoms with Gasteiger partial charge in [-0.25, -0.2) is 0 Å². The third-order valence-electron chi connectivity index (χ3n) is 0.887. The molecule has 1 aromatic rings. The van der Waals surface area contributed by atoms with E-state index in [1.54, 1.807) is 0 Å². The van der Waals surface area contributed by atoms with E-state index >= 15 is 0 Å². The molecule has 0 saturated carbocycles. The van der Waals surface area contributed by atoms with Crippen LogP contribution in [0.4, 0.5) is 0 Å². The standard InChI is InChI=1S/C6H6O3.2K.2H/c7-4-1-5(8)3-6(9)2-4;;;;/h1-3,7-9H;;;;/q;2*+1;2*-1. The van der Waals surface area contributed by atoms with Crippen molar-refractivity contribution in [2.45, 2.75) is 0 Å². The zero-order chi connectivity index (χ0) is 6.85. The Bertz CT molecular complexity index is 185. The van der Waals surface area contributed by atoms with Crippen molar-refractivity contribution < 1.29 is 121 Å². The molecule has 0 amide bonds. The van der Waals surface area contributed by atoms with Crippen molar-refractivity contribution in [3.8, 4) is 17.2 Å². The maximum Gasteiger partial charge on any atom is 1.00 e. The predicted molar refractivity (Wildman–Crippen MR) is 33.7 cm³/mol. The number of aromatic hydroxyl groups is 3. The first-order valence-electron chi connectivity index (χ1n) is 2.40. The van der Waals surface area contributed by atoms with Crippen LogP contribution in [0.5, 0.6) is 17.2 Å². The summed E-state index contributed by atoms with van der Waals surface area (Å²) in [7, 11) is 0. The molecule has 0 bridgehead atoms. The molecular formula is C6H8K2O3. The van der Waals surface area contributed by atoms with Gasteiger partial charge in [0.1, 0.15) is 17.2 Å². The number of phenols is 3. The van der Waals surface area contributed by atoms with Crippen LogP contribution in [0.2, 0.25) is 0 Å². The molecule has 11 heavy (non-hydrogen) atoms. The van der Waals surface area contributed by atoms with E-state index in [0.29, 0.717) is 0 Å². The first-order valence-corrected chi connectivity index (χ1v) is 2.40. The monoisotopic (exact) mass is 206 g/mol. The molecule has 0 aliphatic heterocycles. The van der Waals surface area contributed by atoms with Gasteiger partial charge in [0.2, 0.25) is 0 Å². The van der Waals surface area contributed by atoms with Gasteiger partial charge in [0, 0.05) is 18.2 Å². The Kier molecular flexibility index (Phi) is 10.2. The SMILES string of the molecule is Oc1cc(O)cc(O)c1.[H-].[H-].[K+].[K+]. The normalized spacial score (nSPS) is 7.64. The second-order valence-electron chi connectivity index (χ2n) is 1.71. The summed E-state index contributed by atoms with van der Waals surface area (Å²) >= 11 is 0. The molecule has 0 spiro atoms. The minimum Gasteiger partial charge on any atom is -1.00 e. The van der Waals surface area contributed by atoms with Crippen molar-refractivity contribution in [1.29, 1.82) is 0 Å². The fourth-order valence-corrected chi connectivity index (χ4v) is 0.580. The summed E-state index contributed by atoms with van der Waals surface area (Å²) in [4.78, 5) is 0. The van der Waals surface area contributed by atoms with Crippen molar-refractivity contribution in [2.75, 3.05) is 0 Å². The van der Waals surface area contributed by atoms with Crippen LogP contribution in [0, 0.1) is 0 Å². The van der Waals surface area contributed by atoms with Crippen molar-refractivity contribution in [2.24, 2.45) is 0 Å². The summed E-state index contributed by atoms with van der Waals surface area (Å²) < 4.78 is 0. The number of hydrogen-bond donors (Lipinski definition) is 3. The zero-order valence-electron chi connectivity index (χ0n) is 8.57. The smallest absolute Gasteiger partial charge is 1.00 e.